The molecule has 0 unspecified atom stereocenters. The standard InChI is InChI=1S/C21H23NO5/c1-6-10-22-14(3)19(21(24)26-5)16(20(22)23)12-15-8-9-17(27-11-7-2)18(13-15)25-4/h6-9,12-13H,1-2,10-11H2,3-5H3. The van der Waals surface area contributed by atoms with Crippen molar-refractivity contribution in [2.45, 2.75) is 6.92 Å². The highest BCUT2D eigenvalue weighted by Gasteiger charge is 2.36. The number of amides is 1. The number of carbonyl (C=O) groups is 2. The Labute approximate surface area is 159 Å². The van der Waals surface area contributed by atoms with Gasteiger partial charge in [-0.15, -0.1) is 6.58 Å². The summed E-state index contributed by atoms with van der Waals surface area (Å²) < 4.78 is 15.7. The van der Waals surface area contributed by atoms with Crippen LogP contribution in [0.2, 0.25) is 0 Å². The zero-order chi connectivity index (χ0) is 20.0. The van der Waals surface area contributed by atoms with Crippen LogP contribution in [0.25, 0.3) is 6.08 Å². The SMILES string of the molecule is C=CCOc1ccc(C=C2C(=O)N(CC=C)C(C)=C2C(=O)OC)cc1OC. The van der Waals surface area contributed by atoms with E-state index in [1.165, 1.54) is 19.1 Å². The van der Waals surface area contributed by atoms with Crippen molar-refractivity contribution in [3.63, 3.8) is 0 Å². The van der Waals surface area contributed by atoms with Crippen LogP contribution in [0.4, 0.5) is 0 Å². The summed E-state index contributed by atoms with van der Waals surface area (Å²) in [7, 11) is 2.82. The van der Waals surface area contributed by atoms with Crippen LogP contribution in [0.5, 0.6) is 11.5 Å². The van der Waals surface area contributed by atoms with Gasteiger partial charge in [-0.2, -0.15) is 0 Å². The molecule has 0 fully saturated rings. The number of ether oxygens (including phenoxy) is 3. The van der Waals surface area contributed by atoms with E-state index in [-0.39, 0.29) is 17.1 Å². The summed E-state index contributed by atoms with van der Waals surface area (Å²) in [5, 5.41) is 0. The lowest BCUT2D eigenvalue weighted by molar-refractivity contribution is -0.136. The average Bonchev–Trinajstić information content (AvgIpc) is 2.90. The van der Waals surface area contributed by atoms with Crippen molar-refractivity contribution in [1.29, 1.82) is 0 Å². The first-order valence-electron chi connectivity index (χ1n) is 8.34. The van der Waals surface area contributed by atoms with Gasteiger partial charge in [-0.05, 0) is 30.7 Å². The van der Waals surface area contributed by atoms with E-state index in [1.54, 1.807) is 43.4 Å². The maximum Gasteiger partial charge on any atom is 0.340 e. The summed E-state index contributed by atoms with van der Waals surface area (Å²) in [4.78, 5) is 26.5. The molecular formula is C21H23NO5. The molecule has 27 heavy (non-hydrogen) atoms. The molecule has 1 aliphatic heterocycles. The molecule has 1 aliphatic rings. The zero-order valence-electron chi connectivity index (χ0n) is 15.8. The van der Waals surface area contributed by atoms with Crippen molar-refractivity contribution in [3.05, 3.63) is 65.9 Å². The highest BCUT2D eigenvalue weighted by molar-refractivity contribution is 6.16. The molecule has 0 radical (unpaired) electrons. The molecule has 1 heterocycles. The maximum absolute atomic E-state index is 12.8. The normalized spacial score (nSPS) is 15.1. The van der Waals surface area contributed by atoms with Gasteiger partial charge in [0.25, 0.3) is 5.91 Å². The summed E-state index contributed by atoms with van der Waals surface area (Å²) in [6.45, 7) is 9.64. The smallest absolute Gasteiger partial charge is 0.340 e. The Morgan fingerprint density at radius 1 is 1.19 bits per heavy atom. The fraction of sp³-hybridized carbons (Fsp3) is 0.238. The summed E-state index contributed by atoms with van der Waals surface area (Å²) in [6.07, 6.45) is 4.88. The molecule has 2 rings (SSSR count). The van der Waals surface area contributed by atoms with Crippen LogP contribution >= 0.6 is 0 Å². The summed E-state index contributed by atoms with van der Waals surface area (Å²) >= 11 is 0. The zero-order valence-corrected chi connectivity index (χ0v) is 15.8. The topological polar surface area (TPSA) is 65.1 Å². The van der Waals surface area contributed by atoms with Crippen LogP contribution in [-0.4, -0.2) is 44.1 Å². The third-order valence-corrected chi connectivity index (χ3v) is 4.07. The first-order chi connectivity index (χ1) is 13.0. The van der Waals surface area contributed by atoms with Crippen LogP contribution in [0, 0.1) is 0 Å². The first-order valence-corrected chi connectivity index (χ1v) is 8.34. The van der Waals surface area contributed by atoms with Crippen molar-refractivity contribution < 1.29 is 23.8 Å². The number of rotatable bonds is 8. The van der Waals surface area contributed by atoms with Gasteiger partial charge in [0.15, 0.2) is 11.5 Å². The highest BCUT2D eigenvalue weighted by Crippen LogP contribution is 2.34. The number of carbonyl (C=O) groups excluding carboxylic acids is 2. The number of esters is 1. The molecule has 1 amide bonds. The second-order valence-electron chi connectivity index (χ2n) is 5.72. The number of allylic oxidation sites excluding steroid dienone is 1. The molecule has 0 N–H and O–H groups in total. The maximum atomic E-state index is 12.8. The molecule has 0 saturated carbocycles. The van der Waals surface area contributed by atoms with E-state index >= 15 is 0 Å². The Balaban J connectivity index is 2.49. The minimum atomic E-state index is -0.559. The van der Waals surface area contributed by atoms with Crippen molar-refractivity contribution in [2.75, 3.05) is 27.4 Å². The number of methoxy groups -OCH3 is 2. The highest BCUT2D eigenvalue weighted by atomic mass is 16.5. The van der Waals surface area contributed by atoms with Gasteiger partial charge in [-0.25, -0.2) is 4.79 Å². The first kappa shape index (κ1) is 20.0. The van der Waals surface area contributed by atoms with Crippen LogP contribution < -0.4 is 9.47 Å². The fourth-order valence-corrected chi connectivity index (χ4v) is 2.79. The lowest BCUT2D eigenvalue weighted by Crippen LogP contribution is -2.24. The van der Waals surface area contributed by atoms with E-state index < -0.39 is 5.97 Å². The molecule has 6 heteroatoms. The van der Waals surface area contributed by atoms with Gasteiger partial charge < -0.3 is 19.1 Å². The van der Waals surface area contributed by atoms with Gasteiger partial charge in [0.1, 0.15) is 6.61 Å². The van der Waals surface area contributed by atoms with Crippen LogP contribution in [-0.2, 0) is 14.3 Å². The third-order valence-electron chi connectivity index (χ3n) is 4.07. The Morgan fingerprint density at radius 3 is 2.52 bits per heavy atom. The Hall–Kier alpha value is -3.28. The van der Waals surface area contributed by atoms with Crippen LogP contribution in [0.3, 0.4) is 0 Å². The van der Waals surface area contributed by atoms with Crippen molar-refractivity contribution in [2.24, 2.45) is 0 Å². The van der Waals surface area contributed by atoms with Crippen LogP contribution in [0.15, 0.2) is 60.4 Å². The largest absolute Gasteiger partial charge is 0.493 e. The van der Waals surface area contributed by atoms with Gasteiger partial charge in [-0.3, -0.25) is 4.79 Å². The predicted molar refractivity (Wildman–Crippen MR) is 103 cm³/mol. The summed E-state index contributed by atoms with van der Waals surface area (Å²) in [5.41, 5.74) is 1.74. The molecule has 0 aliphatic carbocycles. The predicted octanol–water partition coefficient (Wildman–Crippen LogP) is 3.12. The number of benzene rings is 1. The lowest BCUT2D eigenvalue weighted by Gasteiger charge is -2.14. The quantitative estimate of drug-likeness (QED) is 0.400. The van der Waals surface area contributed by atoms with Crippen LogP contribution in [0.1, 0.15) is 12.5 Å². The molecule has 1 aromatic carbocycles. The van der Waals surface area contributed by atoms with Crippen molar-refractivity contribution >= 4 is 18.0 Å². The number of nitrogens with zero attached hydrogens (tertiary/aromatic N) is 1. The van der Waals surface area contributed by atoms with Crippen molar-refractivity contribution in [3.8, 4) is 11.5 Å². The minimum Gasteiger partial charge on any atom is -0.493 e. The molecule has 0 bridgehead atoms. The average molecular weight is 369 g/mol. The molecule has 0 spiro atoms. The van der Waals surface area contributed by atoms with E-state index in [9.17, 15) is 9.59 Å². The summed E-state index contributed by atoms with van der Waals surface area (Å²) in [6, 6.07) is 5.25. The molecular weight excluding hydrogens is 346 g/mol. The van der Waals surface area contributed by atoms with E-state index in [4.69, 9.17) is 14.2 Å². The van der Waals surface area contributed by atoms with Gasteiger partial charge in [0.05, 0.1) is 25.4 Å². The monoisotopic (exact) mass is 369 g/mol. The fourth-order valence-electron chi connectivity index (χ4n) is 2.79. The third kappa shape index (κ3) is 4.11. The van der Waals surface area contributed by atoms with E-state index in [1.807, 2.05) is 0 Å². The van der Waals surface area contributed by atoms with Gasteiger partial charge in [0, 0.05) is 12.2 Å². The number of hydrogen-bond donors (Lipinski definition) is 0. The molecule has 1 aromatic rings. The van der Waals surface area contributed by atoms with Gasteiger partial charge >= 0.3 is 5.97 Å². The Bertz CT molecular complexity index is 835. The van der Waals surface area contributed by atoms with E-state index in [2.05, 4.69) is 13.2 Å². The molecule has 6 nitrogen and oxygen atoms in total. The molecule has 142 valence electrons. The van der Waals surface area contributed by atoms with E-state index in [0.717, 1.165) is 0 Å². The van der Waals surface area contributed by atoms with Gasteiger partial charge in [0.2, 0.25) is 0 Å². The second kappa shape index (κ2) is 8.89. The second-order valence-corrected chi connectivity index (χ2v) is 5.72. The van der Waals surface area contributed by atoms with Gasteiger partial charge in [-0.1, -0.05) is 24.8 Å². The summed E-state index contributed by atoms with van der Waals surface area (Å²) in [5.74, 6) is 0.237. The van der Waals surface area contributed by atoms with Crippen molar-refractivity contribution in [1.82, 2.24) is 4.90 Å². The minimum absolute atomic E-state index is 0.246. The van der Waals surface area contributed by atoms with E-state index in [0.29, 0.717) is 35.9 Å². The Morgan fingerprint density at radius 2 is 1.93 bits per heavy atom. The molecule has 0 atom stereocenters. The lowest BCUT2D eigenvalue weighted by atomic mass is 10.0. The number of hydrogen-bond acceptors (Lipinski definition) is 5. The molecule has 0 aromatic heterocycles. The molecule has 0 saturated heterocycles. The Kier molecular flexibility index (Phi) is 6.60.